The van der Waals surface area contributed by atoms with E-state index in [9.17, 15) is 14.0 Å². The van der Waals surface area contributed by atoms with Crippen molar-refractivity contribution in [3.05, 3.63) is 59.2 Å². The minimum absolute atomic E-state index is 0.0875. The second-order valence-corrected chi connectivity index (χ2v) is 8.52. The molecule has 2 aromatic carbocycles. The van der Waals surface area contributed by atoms with Crippen molar-refractivity contribution < 1.29 is 13.2 Å². The van der Waals surface area contributed by atoms with Crippen LogP contribution >= 0.6 is 0 Å². The number of fused-ring (bicyclic) bond motifs is 1. The Bertz CT molecular complexity index is 1200. The number of nitrogens with one attached hydrogen (secondary N) is 1. The number of anilines is 2. The van der Waals surface area contributed by atoms with Crippen LogP contribution in [0.3, 0.4) is 0 Å². The molecule has 2 heterocycles. The van der Waals surface area contributed by atoms with E-state index in [0.29, 0.717) is 60.2 Å². The minimum Gasteiger partial charge on any atom is -0.364 e. The summed E-state index contributed by atoms with van der Waals surface area (Å²) in [7, 11) is 0. The van der Waals surface area contributed by atoms with E-state index in [0.717, 1.165) is 25.0 Å². The van der Waals surface area contributed by atoms with Gasteiger partial charge in [0.15, 0.2) is 11.6 Å². The summed E-state index contributed by atoms with van der Waals surface area (Å²) in [5.74, 6) is -0.515. The Morgan fingerprint density at radius 3 is 2.47 bits per heavy atom. The molecule has 0 unspecified atom stereocenters. The van der Waals surface area contributed by atoms with Crippen molar-refractivity contribution in [1.29, 1.82) is 5.26 Å². The molecule has 1 saturated carbocycles. The predicted octanol–water partition coefficient (Wildman–Crippen LogP) is 5.28. The molecule has 1 N–H and O–H groups in total. The number of piperidine rings is 1. The molecule has 5 rings (SSSR count). The molecular weight excluding hydrogens is 415 g/mol. The third-order valence-corrected chi connectivity index (χ3v) is 6.21. The van der Waals surface area contributed by atoms with Crippen molar-refractivity contribution in [2.24, 2.45) is 5.92 Å². The Morgan fingerprint density at radius 1 is 1.00 bits per heavy atom. The summed E-state index contributed by atoms with van der Waals surface area (Å²) in [6.07, 6.45) is 1.71. The van der Waals surface area contributed by atoms with Crippen molar-refractivity contribution in [3.63, 3.8) is 0 Å². The number of nitriles is 1. The van der Waals surface area contributed by atoms with E-state index in [1.165, 1.54) is 6.07 Å². The first-order valence-electron chi connectivity index (χ1n) is 10.8. The number of alkyl halides is 1. The molecular formula is C24H22F3N5. The van der Waals surface area contributed by atoms with Crippen LogP contribution in [0.15, 0.2) is 36.4 Å². The highest BCUT2D eigenvalue weighted by Gasteiger charge is 2.32. The van der Waals surface area contributed by atoms with E-state index in [1.807, 2.05) is 0 Å². The van der Waals surface area contributed by atoms with E-state index < -0.39 is 17.8 Å². The van der Waals surface area contributed by atoms with E-state index in [2.05, 4.69) is 16.3 Å². The van der Waals surface area contributed by atoms with Gasteiger partial charge in [0.2, 0.25) is 0 Å². The first-order valence-corrected chi connectivity index (χ1v) is 10.8. The van der Waals surface area contributed by atoms with E-state index in [-0.39, 0.29) is 11.5 Å². The van der Waals surface area contributed by atoms with Crippen molar-refractivity contribution in [2.45, 2.75) is 37.9 Å². The Hall–Kier alpha value is -3.34. The number of hydrogen-bond donors (Lipinski definition) is 1. The van der Waals surface area contributed by atoms with Crippen molar-refractivity contribution in [2.75, 3.05) is 23.3 Å². The summed E-state index contributed by atoms with van der Waals surface area (Å²) in [6, 6.07) is 10.8. The lowest BCUT2D eigenvalue weighted by molar-refractivity contribution is 0.193. The van der Waals surface area contributed by atoms with Gasteiger partial charge in [-0.15, -0.1) is 0 Å². The number of aromatic nitrogens is 2. The van der Waals surface area contributed by atoms with E-state index in [1.54, 1.807) is 18.2 Å². The highest BCUT2D eigenvalue weighted by atomic mass is 19.1. The van der Waals surface area contributed by atoms with E-state index >= 15 is 4.39 Å². The van der Waals surface area contributed by atoms with Gasteiger partial charge in [-0.25, -0.2) is 23.1 Å². The van der Waals surface area contributed by atoms with Gasteiger partial charge in [-0.1, -0.05) is 6.07 Å². The predicted molar refractivity (Wildman–Crippen MR) is 116 cm³/mol. The maximum atomic E-state index is 15.0. The summed E-state index contributed by atoms with van der Waals surface area (Å²) < 4.78 is 42.3. The zero-order valence-electron chi connectivity index (χ0n) is 17.4. The molecule has 2 fully saturated rings. The van der Waals surface area contributed by atoms with Gasteiger partial charge in [-0.05, 0) is 55.9 Å². The molecule has 1 aliphatic carbocycles. The number of nitrogens with zero attached hydrogens (tertiary/aromatic N) is 4. The van der Waals surface area contributed by atoms with Crippen LogP contribution in [0, 0.1) is 28.9 Å². The molecule has 1 aromatic heterocycles. The SMILES string of the molecule is N#Cc1ccc2nc(NC3CC3)c(N3CCC([C@@H](F)c4ccc(F)cc4F)CC3)nc2c1. The van der Waals surface area contributed by atoms with Gasteiger partial charge in [0.1, 0.15) is 17.8 Å². The first-order chi connectivity index (χ1) is 15.5. The van der Waals surface area contributed by atoms with Gasteiger partial charge in [0, 0.05) is 30.8 Å². The number of benzene rings is 2. The van der Waals surface area contributed by atoms with Crippen LogP contribution < -0.4 is 10.2 Å². The molecule has 0 bridgehead atoms. The highest BCUT2D eigenvalue weighted by molar-refractivity contribution is 5.82. The van der Waals surface area contributed by atoms with Crippen molar-refractivity contribution in [3.8, 4) is 6.07 Å². The Morgan fingerprint density at radius 2 is 1.78 bits per heavy atom. The van der Waals surface area contributed by atoms with Crippen LogP contribution in [-0.2, 0) is 0 Å². The third kappa shape index (κ3) is 4.07. The molecule has 0 radical (unpaired) electrons. The minimum atomic E-state index is -1.48. The van der Waals surface area contributed by atoms with Crippen LogP contribution in [0.25, 0.3) is 11.0 Å². The fourth-order valence-corrected chi connectivity index (χ4v) is 4.24. The van der Waals surface area contributed by atoms with Gasteiger partial charge < -0.3 is 10.2 Å². The van der Waals surface area contributed by atoms with Gasteiger partial charge in [-0.3, -0.25) is 0 Å². The summed E-state index contributed by atoms with van der Waals surface area (Å²) in [5, 5.41) is 12.6. The average molecular weight is 437 g/mol. The monoisotopic (exact) mass is 437 g/mol. The van der Waals surface area contributed by atoms with Crippen LogP contribution in [0.1, 0.15) is 43.0 Å². The number of rotatable bonds is 5. The normalized spacial score (nSPS) is 17.9. The van der Waals surface area contributed by atoms with Gasteiger partial charge in [0.05, 0.1) is 22.7 Å². The molecule has 1 aliphatic heterocycles. The zero-order valence-corrected chi connectivity index (χ0v) is 17.4. The standard InChI is InChI=1S/C24H22F3N5/c25-16-2-5-18(19(26)12-16)22(27)15-7-9-32(10-8-15)24-23(29-17-3-4-17)30-20-6-1-14(13-28)11-21(20)31-24/h1-2,5-6,11-12,15,17,22H,3-4,7-10H2,(H,29,30)/t22-/m1/s1. The second kappa shape index (κ2) is 8.30. The lowest BCUT2D eigenvalue weighted by Gasteiger charge is -2.35. The molecule has 8 heteroatoms. The van der Waals surface area contributed by atoms with E-state index in [4.69, 9.17) is 9.97 Å². The largest absolute Gasteiger partial charge is 0.364 e. The molecule has 32 heavy (non-hydrogen) atoms. The molecule has 3 aromatic rings. The van der Waals surface area contributed by atoms with Crippen LogP contribution in [-0.4, -0.2) is 29.1 Å². The summed E-state index contributed by atoms with van der Waals surface area (Å²) in [6.45, 7) is 1.09. The van der Waals surface area contributed by atoms with Crippen molar-refractivity contribution in [1.82, 2.24) is 9.97 Å². The summed E-state index contributed by atoms with van der Waals surface area (Å²) in [4.78, 5) is 11.6. The van der Waals surface area contributed by atoms with Gasteiger partial charge >= 0.3 is 0 Å². The molecule has 0 amide bonds. The Kier molecular flexibility index (Phi) is 5.33. The third-order valence-electron chi connectivity index (χ3n) is 6.21. The quantitative estimate of drug-likeness (QED) is 0.588. The van der Waals surface area contributed by atoms with Crippen LogP contribution in [0.4, 0.5) is 24.8 Å². The highest BCUT2D eigenvalue weighted by Crippen LogP contribution is 2.38. The molecule has 164 valence electrons. The first kappa shape index (κ1) is 20.6. The van der Waals surface area contributed by atoms with Crippen LogP contribution in [0.5, 0.6) is 0 Å². The molecule has 1 saturated heterocycles. The lowest BCUT2D eigenvalue weighted by Crippen LogP contribution is -2.36. The zero-order chi connectivity index (χ0) is 22.2. The molecule has 0 spiro atoms. The second-order valence-electron chi connectivity index (χ2n) is 8.52. The maximum absolute atomic E-state index is 15.0. The summed E-state index contributed by atoms with van der Waals surface area (Å²) in [5.41, 5.74) is 1.78. The number of halogens is 3. The van der Waals surface area contributed by atoms with Gasteiger partial charge in [-0.2, -0.15) is 5.26 Å². The van der Waals surface area contributed by atoms with Crippen molar-refractivity contribution >= 4 is 22.7 Å². The topological polar surface area (TPSA) is 64.8 Å². The molecule has 1 atom stereocenters. The fourth-order valence-electron chi connectivity index (χ4n) is 4.24. The Balaban J connectivity index is 1.38. The van der Waals surface area contributed by atoms with Gasteiger partial charge in [0.25, 0.3) is 0 Å². The molecule has 5 nitrogen and oxygen atoms in total. The van der Waals surface area contributed by atoms with Crippen LogP contribution in [0.2, 0.25) is 0 Å². The average Bonchev–Trinajstić information content (AvgIpc) is 3.62. The Labute approximate surface area is 183 Å². The lowest BCUT2D eigenvalue weighted by atomic mass is 9.88. The smallest absolute Gasteiger partial charge is 0.172 e. The maximum Gasteiger partial charge on any atom is 0.172 e. The number of hydrogen-bond acceptors (Lipinski definition) is 5. The molecule has 2 aliphatic rings. The summed E-state index contributed by atoms with van der Waals surface area (Å²) >= 11 is 0. The fraction of sp³-hybridized carbons (Fsp3) is 0.375.